The molecule has 0 bridgehead atoms. The highest BCUT2D eigenvalue weighted by Gasteiger charge is 1.97. The van der Waals surface area contributed by atoms with E-state index >= 15 is 0 Å². The van der Waals surface area contributed by atoms with Crippen molar-refractivity contribution in [2.75, 3.05) is 6.54 Å². The molecule has 0 unspecified atom stereocenters. The summed E-state index contributed by atoms with van der Waals surface area (Å²) in [5.74, 6) is 0. The predicted molar refractivity (Wildman–Crippen MR) is 80.8 cm³/mol. The van der Waals surface area contributed by atoms with E-state index in [1.165, 1.54) is 3.57 Å². The molecule has 16 heavy (non-hydrogen) atoms. The Kier molecular flexibility index (Phi) is 5.68. The Labute approximate surface area is 115 Å². The molecule has 0 saturated heterocycles. The highest BCUT2D eigenvalue weighted by Crippen LogP contribution is 2.07. The minimum absolute atomic E-state index is 0.548. The number of thiocarbonyl (C=S) groups is 1. The van der Waals surface area contributed by atoms with Crippen LogP contribution in [-0.4, -0.2) is 17.4 Å². The van der Waals surface area contributed by atoms with Crippen molar-refractivity contribution < 1.29 is 0 Å². The lowest BCUT2D eigenvalue weighted by Crippen LogP contribution is -2.32. The van der Waals surface area contributed by atoms with Crippen LogP contribution in [0, 0.1) is 3.57 Å². The van der Waals surface area contributed by atoms with Crippen LogP contribution in [0.3, 0.4) is 0 Å². The lowest BCUT2D eigenvalue weighted by molar-refractivity contribution is 0.900. The maximum Gasteiger partial charge on any atom is 0.186 e. The fourth-order valence-electron chi connectivity index (χ4n) is 1.09. The van der Waals surface area contributed by atoms with Crippen molar-refractivity contribution in [3.05, 3.63) is 33.4 Å². The van der Waals surface area contributed by atoms with Crippen LogP contribution in [0.1, 0.15) is 19.4 Å². The Morgan fingerprint density at radius 1 is 1.38 bits per heavy atom. The van der Waals surface area contributed by atoms with E-state index in [9.17, 15) is 0 Å². The molecule has 1 aromatic carbocycles. The number of hydrogen-bond acceptors (Lipinski definition) is 2. The number of hydrogen-bond donors (Lipinski definition) is 2. The van der Waals surface area contributed by atoms with E-state index in [1.54, 1.807) is 0 Å². The standard InChI is InChI=1S/C11H14IN3S/c1-3-13-11(16)15-14-8(2)9-4-6-10(12)7-5-9/h4-7H,3H2,1-2H3,(H2,13,15,16)/b14-8-. The third-order valence-corrected chi connectivity index (χ3v) is 2.88. The van der Waals surface area contributed by atoms with Gasteiger partial charge in [-0.25, -0.2) is 0 Å². The Hall–Kier alpha value is -0.690. The predicted octanol–water partition coefficient (Wildman–Crippen LogP) is 2.50. The van der Waals surface area contributed by atoms with Gasteiger partial charge in [0.2, 0.25) is 0 Å². The molecule has 0 aromatic heterocycles. The molecule has 0 aliphatic heterocycles. The first-order chi connectivity index (χ1) is 7.63. The lowest BCUT2D eigenvalue weighted by atomic mass is 10.1. The van der Waals surface area contributed by atoms with E-state index in [4.69, 9.17) is 12.2 Å². The minimum Gasteiger partial charge on any atom is -0.362 e. The Morgan fingerprint density at radius 2 is 2.00 bits per heavy atom. The molecular formula is C11H14IN3S. The summed E-state index contributed by atoms with van der Waals surface area (Å²) in [7, 11) is 0. The highest BCUT2D eigenvalue weighted by atomic mass is 127. The smallest absolute Gasteiger partial charge is 0.186 e. The minimum atomic E-state index is 0.548. The monoisotopic (exact) mass is 347 g/mol. The third-order valence-electron chi connectivity index (χ3n) is 1.92. The van der Waals surface area contributed by atoms with Crippen molar-refractivity contribution in [3.8, 4) is 0 Å². The van der Waals surface area contributed by atoms with Crippen LogP contribution in [0.4, 0.5) is 0 Å². The molecule has 0 spiro atoms. The third kappa shape index (κ3) is 4.44. The van der Waals surface area contributed by atoms with Crippen LogP contribution in [0.2, 0.25) is 0 Å². The van der Waals surface area contributed by atoms with Crippen molar-refractivity contribution in [2.45, 2.75) is 13.8 Å². The first kappa shape index (κ1) is 13.4. The molecule has 0 heterocycles. The van der Waals surface area contributed by atoms with Gasteiger partial charge in [0.15, 0.2) is 5.11 Å². The normalized spacial score (nSPS) is 11.1. The Balaban J connectivity index is 2.63. The van der Waals surface area contributed by atoms with Gasteiger partial charge in [-0.15, -0.1) is 0 Å². The summed E-state index contributed by atoms with van der Waals surface area (Å²) in [6.07, 6.45) is 0. The first-order valence-electron chi connectivity index (χ1n) is 4.97. The molecule has 0 aliphatic carbocycles. The number of benzene rings is 1. The second-order valence-corrected chi connectivity index (χ2v) is 4.83. The summed E-state index contributed by atoms with van der Waals surface area (Å²) < 4.78 is 1.21. The SMILES string of the molecule is CCNC(=S)N/N=C(/C)c1ccc(I)cc1. The van der Waals surface area contributed by atoms with Crippen LogP contribution < -0.4 is 10.7 Å². The van der Waals surface area contributed by atoms with E-state index in [-0.39, 0.29) is 0 Å². The number of hydrazone groups is 1. The van der Waals surface area contributed by atoms with E-state index in [1.807, 2.05) is 26.0 Å². The fourth-order valence-corrected chi connectivity index (χ4v) is 1.64. The van der Waals surface area contributed by atoms with Crippen LogP contribution >= 0.6 is 34.8 Å². The van der Waals surface area contributed by atoms with Crippen molar-refractivity contribution in [2.24, 2.45) is 5.10 Å². The molecule has 5 heteroatoms. The molecule has 0 atom stereocenters. The maximum atomic E-state index is 5.01. The van der Waals surface area contributed by atoms with Gasteiger partial charge >= 0.3 is 0 Å². The number of nitrogens with one attached hydrogen (secondary N) is 2. The van der Waals surface area contributed by atoms with E-state index in [2.05, 4.69) is 50.6 Å². The van der Waals surface area contributed by atoms with Gasteiger partial charge in [-0.2, -0.15) is 5.10 Å². The number of nitrogens with zero attached hydrogens (tertiary/aromatic N) is 1. The summed E-state index contributed by atoms with van der Waals surface area (Å²) in [5.41, 5.74) is 4.81. The van der Waals surface area contributed by atoms with E-state index in [0.29, 0.717) is 5.11 Å². The second-order valence-electron chi connectivity index (χ2n) is 3.18. The Morgan fingerprint density at radius 3 is 2.56 bits per heavy atom. The summed E-state index contributed by atoms with van der Waals surface area (Å²) in [6.45, 7) is 4.73. The molecule has 2 N–H and O–H groups in total. The first-order valence-corrected chi connectivity index (χ1v) is 6.46. The zero-order valence-corrected chi connectivity index (χ0v) is 12.2. The largest absolute Gasteiger partial charge is 0.362 e. The highest BCUT2D eigenvalue weighted by molar-refractivity contribution is 14.1. The van der Waals surface area contributed by atoms with Crippen molar-refractivity contribution >= 4 is 45.6 Å². The van der Waals surface area contributed by atoms with Crippen molar-refractivity contribution in [1.82, 2.24) is 10.7 Å². The topological polar surface area (TPSA) is 36.4 Å². The van der Waals surface area contributed by atoms with Gasteiger partial charge in [0.25, 0.3) is 0 Å². The number of halogens is 1. The molecule has 0 radical (unpaired) electrons. The summed E-state index contributed by atoms with van der Waals surface area (Å²) in [6, 6.07) is 8.19. The van der Waals surface area contributed by atoms with Gasteiger partial charge in [0, 0.05) is 10.1 Å². The molecule has 1 aromatic rings. The van der Waals surface area contributed by atoms with Gasteiger partial charge in [-0.3, -0.25) is 5.43 Å². The van der Waals surface area contributed by atoms with Gasteiger partial charge in [-0.05, 0) is 66.4 Å². The van der Waals surface area contributed by atoms with E-state index < -0.39 is 0 Å². The van der Waals surface area contributed by atoms with Crippen LogP contribution in [0.5, 0.6) is 0 Å². The molecule has 86 valence electrons. The average molecular weight is 347 g/mol. The van der Waals surface area contributed by atoms with Gasteiger partial charge < -0.3 is 5.32 Å². The molecule has 0 saturated carbocycles. The van der Waals surface area contributed by atoms with Crippen LogP contribution in [-0.2, 0) is 0 Å². The van der Waals surface area contributed by atoms with Gasteiger partial charge in [0.05, 0.1) is 5.71 Å². The lowest BCUT2D eigenvalue weighted by Gasteiger charge is -2.05. The number of rotatable bonds is 3. The molecule has 0 aliphatic rings. The zero-order valence-electron chi connectivity index (χ0n) is 9.25. The molecule has 1 rings (SSSR count). The molecular weight excluding hydrogens is 333 g/mol. The fraction of sp³-hybridized carbons (Fsp3) is 0.273. The maximum absolute atomic E-state index is 5.01. The van der Waals surface area contributed by atoms with Gasteiger partial charge in [0.1, 0.15) is 0 Å². The molecule has 0 fully saturated rings. The summed E-state index contributed by atoms with van der Waals surface area (Å²) in [4.78, 5) is 0. The van der Waals surface area contributed by atoms with Gasteiger partial charge in [-0.1, -0.05) is 12.1 Å². The van der Waals surface area contributed by atoms with Crippen molar-refractivity contribution in [3.63, 3.8) is 0 Å². The van der Waals surface area contributed by atoms with Crippen molar-refractivity contribution in [1.29, 1.82) is 0 Å². The molecule has 3 nitrogen and oxygen atoms in total. The molecule has 0 amide bonds. The average Bonchev–Trinajstić information content (AvgIpc) is 2.27. The summed E-state index contributed by atoms with van der Waals surface area (Å²) >= 11 is 7.29. The zero-order chi connectivity index (χ0) is 12.0. The Bertz CT molecular complexity index is 387. The quantitative estimate of drug-likeness (QED) is 0.382. The van der Waals surface area contributed by atoms with Crippen LogP contribution in [0.25, 0.3) is 0 Å². The second kappa shape index (κ2) is 6.80. The van der Waals surface area contributed by atoms with E-state index in [0.717, 1.165) is 17.8 Å². The van der Waals surface area contributed by atoms with Crippen LogP contribution in [0.15, 0.2) is 29.4 Å². The summed E-state index contributed by atoms with van der Waals surface area (Å²) in [5, 5.41) is 7.73.